The summed E-state index contributed by atoms with van der Waals surface area (Å²) in [6.07, 6.45) is 0. The molecule has 0 spiro atoms. The van der Waals surface area contributed by atoms with Crippen molar-refractivity contribution in [3.8, 4) is 5.75 Å². The summed E-state index contributed by atoms with van der Waals surface area (Å²) in [4.78, 5) is 0. The lowest BCUT2D eigenvalue weighted by atomic mass is 10.0. The Bertz CT molecular complexity index is 460. The fourth-order valence-electron chi connectivity index (χ4n) is 2.92. The van der Waals surface area contributed by atoms with Crippen molar-refractivity contribution in [3.63, 3.8) is 0 Å². The van der Waals surface area contributed by atoms with E-state index in [1.54, 1.807) is 0 Å². The van der Waals surface area contributed by atoms with Crippen molar-refractivity contribution >= 4 is 31.9 Å². The first-order chi connectivity index (χ1) is 8.68. The molecule has 106 valence electrons. The molecule has 2 rings (SSSR count). The Morgan fingerprint density at radius 3 is 2.00 bits per heavy atom. The highest BCUT2D eigenvalue weighted by atomic mass is 79.9. The molecule has 4 heteroatoms. The maximum Gasteiger partial charge on any atom is 0.143 e. The van der Waals surface area contributed by atoms with E-state index in [9.17, 15) is 5.11 Å². The summed E-state index contributed by atoms with van der Waals surface area (Å²) in [5.74, 6) is 0.984. The highest BCUT2D eigenvalue weighted by Crippen LogP contribution is 2.67. The van der Waals surface area contributed by atoms with Gasteiger partial charge in [-0.15, -0.1) is 0 Å². The van der Waals surface area contributed by atoms with Crippen LogP contribution in [0.2, 0.25) is 0 Å². The molecule has 1 aliphatic rings. The number of phenols is 1. The molecule has 0 saturated heterocycles. The quantitative estimate of drug-likeness (QED) is 0.781. The molecule has 0 atom stereocenters. The Balaban J connectivity index is 1.91. The highest BCUT2D eigenvalue weighted by molar-refractivity contribution is 9.11. The minimum Gasteiger partial charge on any atom is -0.506 e. The van der Waals surface area contributed by atoms with Crippen molar-refractivity contribution in [1.82, 2.24) is 5.32 Å². The summed E-state index contributed by atoms with van der Waals surface area (Å²) in [6, 6.07) is 3.91. The second-order valence-electron chi connectivity index (χ2n) is 6.53. The van der Waals surface area contributed by atoms with E-state index in [1.807, 2.05) is 12.1 Å². The van der Waals surface area contributed by atoms with Gasteiger partial charge in [0.1, 0.15) is 5.75 Å². The van der Waals surface area contributed by atoms with Crippen LogP contribution in [0, 0.1) is 16.7 Å². The molecule has 0 aromatic heterocycles. The number of hydrogen-bond acceptors (Lipinski definition) is 2. The standard InChI is InChI=1S/C15H21Br2NO/c1-14(2)12(15(14,3)4)8-18-7-9-5-10(16)13(19)11(17)6-9/h5-6,12,18-19H,7-8H2,1-4H3. The SMILES string of the molecule is CC1(C)C(CNCc2cc(Br)c(O)c(Br)c2)C1(C)C. The average molecular weight is 391 g/mol. The van der Waals surface area contributed by atoms with Crippen LogP contribution in [-0.2, 0) is 6.54 Å². The third kappa shape index (κ3) is 2.72. The van der Waals surface area contributed by atoms with E-state index < -0.39 is 0 Å². The Kier molecular flexibility index (Phi) is 4.07. The van der Waals surface area contributed by atoms with Crippen LogP contribution < -0.4 is 5.32 Å². The predicted octanol–water partition coefficient (Wildman–Crippen LogP) is 4.69. The number of halogens is 2. The summed E-state index contributed by atoms with van der Waals surface area (Å²) in [5.41, 5.74) is 2.01. The zero-order chi connectivity index (χ0) is 14.4. The average Bonchev–Trinajstić information content (AvgIpc) is 2.68. The van der Waals surface area contributed by atoms with Crippen molar-refractivity contribution in [2.24, 2.45) is 16.7 Å². The van der Waals surface area contributed by atoms with Gasteiger partial charge >= 0.3 is 0 Å². The van der Waals surface area contributed by atoms with Crippen molar-refractivity contribution in [2.45, 2.75) is 34.2 Å². The van der Waals surface area contributed by atoms with Crippen LogP contribution in [0.5, 0.6) is 5.75 Å². The van der Waals surface area contributed by atoms with Crippen LogP contribution >= 0.6 is 31.9 Å². The third-order valence-corrected chi connectivity index (χ3v) is 6.28. The normalized spacial score (nSPS) is 20.5. The highest BCUT2D eigenvalue weighted by Gasteiger charge is 2.63. The van der Waals surface area contributed by atoms with E-state index in [1.165, 1.54) is 0 Å². The molecule has 0 radical (unpaired) electrons. The minimum absolute atomic E-state index is 0.258. The lowest BCUT2D eigenvalue weighted by molar-refractivity contribution is 0.457. The fourth-order valence-corrected chi connectivity index (χ4v) is 4.21. The predicted molar refractivity (Wildman–Crippen MR) is 86.3 cm³/mol. The minimum atomic E-state index is 0.258. The van der Waals surface area contributed by atoms with Crippen LogP contribution in [0.1, 0.15) is 33.3 Å². The Hall–Kier alpha value is -0.0600. The maximum absolute atomic E-state index is 9.68. The van der Waals surface area contributed by atoms with Crippen LogP contribution in [0.25, 0.3) is 0 Å². The summed E-state index contributed by atoms with van der Waals surface area (Å²) in [6.45, 7) is 11.2. The molecule has 1 aliphatic carbocycles. The fraction of sp³-hybridized carbons (Fsp3) is 0.600. The molecule has 0 aliphatic heterocycles. The maximum atomic E-state index is 9.68. The lowest BCUT2D eigenvalue weighted by Crippen LogP contribution is -2.18. The van der Waals surface area contributed by atoms with Gasteiger partial charge in [-0.1, -0.05) is 27.7 Å². The molecule has 0 unspecified atom stereocenters. The molecule has 0 bridgehead atoms. The summed E-state index contributed by atoms with van der Waals surface area (Å²) in [5, 5.41) is 13.2. The Labute approximate surface area is 132 Å². The van der Waals surface area contributed by atoms with Gasteiger partial charge in [0.2, 0.25) is 0 Å². The largest absolute Gasteiger partial charge is 0.506 e. The summed E-state index contributed by atoms with van der Waals surface area (Å²) >= 11 is 6.72. The number of nitrogens with one attached hydrogen (secondary N) is 1. The number of hydrogen-bond donors (Lipinski definition) is 2. The summed E-state index contributed by atoms with van der Waals surface area (Å²) in [7, 11) is 0. The number of aromatic hydroxyl groups is 1. The zero-order valence-electron chi connectivity index (χ0n) is 11.8. The van der Waals surface area contributed by atoms with Gasteiger partial charge in [0, 0.05) is 6.54 Å². The van der Waals surface area contributed by atoms with Crippen molar-refractivity contribution < 1.29 is 5.11 Å². The molecule has 19 heavy (non-hydrogen) atoms. The summed E-state index contributed by atoms with van der Waals surface area (Å²) < 4.78 is 1.46. The molecular formula is C15H21Br2NO. The molecule has 2 N–H and O–H groups in total. The van der Waals surface area contributed by atoms with E-state index in [0.717, 1.165) is 33.5 Å². The van der Waals surface area contributed by atoms with Gasteiger partial charge in [0.05, 0.1) is 8.95 Å². The van der Waals surface area contributed by atoms with Crippen LogP contribution in [-0.4, -0.2) is 11.7 Å². The molecule has 0 heterocycles. The number of benzene rings is 1. The smallest absolute Gasteiger partial charge is 0.143 e. The van der Waals surface area contributed by atoms with Crippen molar-refractivity contribution in [3.05, 3.63) is 26.6 Å². The van der Waals surface area contributed by atoms with Gasteiger partial charge in [-0.25, -0.2) is 0 Å². The first kappa shape index (κ1) is 15.3. The van der Waals surface area contributed by atoms with Gasteiger partial charge in [-0.2, -0.15) is 0 Å². The first-order valence-corrected chi connectivity index (χ1v) is 8.14. The van der Waals surface area contributed by atoms with Crippen molar-refractivity contribution in [1.29, 1.82) is 0 Å². The molecule has 1 aromatic rings. The lowest BCUT2D eigenvalue weighted by Gasteiger charge is -2.08. The molecule has 2 nitrogen and oxygen atoms in total. The van der Waals surface area contributed by atoms with Crippen LogP contribution in [0.15, 0.2) is 21.1 Å². The Morgan fingerprint density at radius 1 is 1.11 bits per heavy atom. The molecule has 0 amide bonds. The van der Waals surface area contributed by atoms with Gasteiger partial charge in [0.15, 0.2) is 0 Å². The third-order valence-electron chi connectivity index (χ3n) is 5.07. The Morgan fingerprint density at radius 2 is 1.58 bits per heavy atom. The number of phenolic OH excluding ortho intramolecular Hbond substituents is 1. The second kappa shape index (κ2) is 5.05. The first-order valence-electron chi connectivity index (χ1n) is 6.55. The molecule has 1 saturated carbocycles. The monoisotopic (exact) mass is 389 g/mol. The topological polar surface area (TPSA) is 32.3 Å². The molecule has 1 fully saturated rings. The van der Waals surface area contributed by atoms with E-state index in [0.29, 0.717) is 10.8 Å². The van der Waals surface area contributed by atoms with Crippen LogP contribution in [0.3, 0.4) is 0 Å². The van der Waals surface area contributed by atoms with Gasteiger partial charge in [-0.05, 0) is 72.8 Å². The van der Waals surface area contributed by atoms with E-state index in [2.05, 4.69) is 64.9 Å². The van der Waals surface area contributed by atoms with E-state index in [4.69, 9.17) is 0 Å². The van der Waals surface area contributed by atoms with Gasteiger partial charge in [-0.3, -0.25) is 0 Å². The molecular weight excluding hydrogens is 370 g/mol. The van der Waals surface area contributed by atoms with E-state index in [-0.39, 0.29) is 5.75 Å². The number of rotatable bonds is 4. The molecule has 1 aromatic carbocycles. The van der Waals surface area contributed by atoms with E-state index >= 15 is 0 Å². The second-order valence-corrected chi connectivity index (χ2v) is 8.24. The van der Waals surface area contributed by atoms with Gasteiger partial charge in [0.25, 0.3) is 0 Å². The van der Waals surface area contributed by atoms with Crippen LogP contribution in [0.4, 0.5) is 0 Å². The van der Waals surface area contributed by atoms with Gasteiger partial charge < -0.3 is 10.4 Å². The zero-order valence-corrected chi connectivity index (χ0v) is 15.0. The van der Waals surface area contributed by atoms with Crippen molar-refractivity contribution in [2.75, 3.05) is 6.54 Å².